The molecule has 0 saturated carbocycles. The van der Waals surface area contributed by atoms with Crippen LogP contribution in [0.3, 0.4) is 0 Å². The maximum Gasteiger partial charge on any atom is 0.225 e. The molecule has 1 rings (SSSR count). The van der Waals surface area contributed by atoms with Gasteiger partial charge in [-0.2, -0.15) is 0 Å². The normalized spacial score (nSPS) is 17.1. The molecule has 86 valence electrons. The molecular weight excluding hydrogens is 190 g/mol. The number of rotatable bonds is 4. The second-order valence-electron chi connectivity index (χ2n) is 5.16. The molecule has 0 atom stereocenters. The number of amides is 1. The van der Waals surface area contributed by atoms with E-state index < -0.39 is 0 Å². The van der Waals surface area contributed by atoms with Crippen molar-refractivity contribution in [1.82, 2.24) is 4.90 Å². The Kier molecular flexibility index (Phi) is 3.89. The van der Waals surface area contributed by atoms with Crippen LogP contribution in [-0.2, 0) is 9.59 Å². The van der Waals surface area contributed by atoms with E-state index in [-0.39, 0.29) is 17.7 Å². The molecule has 1 heterocycles. The molecule has 15 heavy (non-hydrogen) atoms. The lowest BCUT2D eigenvalue weighted by atomic mass is 9.89. The van der Waals surface area contributed by atoms with Gasteiger partial charge in [0.05, 0.1) is 5.92 Å². The SMILES string of the molecule is CC(C)CC(=O)C1CN(C(=O)C(C)C)C1. The summed E-state index contributed by atoms with van der Waals surface area (Å²) in [5.74, 6) is 1.06. The summed E-state index contributed by atoms with van der Waals surface area (Å²) in [6, 6.07) is 0. The van der Waals surface area contributed by atoms with E-state index in [0.29, 0.717) is 31.2 Å². The van der Waals surface area contributed by atoms with E-state index in [4.69, 9.17) is 0 Å². The van der Waals surface area contributed by atoms with Crippen LogP contribution >= 0.6 is 0 Å². The summed E-state index contributed by atoms with van der Waals surface area (Å²) in [6.07, 6.45) is 0.647. The molecule has 3 heteroatoms. The highest BCUT2D eigenvalue weighted by Gasteiger charge is 2.35. The van der Waals surface area contributed by atoms with Crippen molar-refractivity contribution >= 4 is 11.7 Å². The first-order chi connectivity index (χ1) is 6.91. The van der Waals surface area contributed by atoms with Crippen LogP contribution in [0.25, 0.3) is 0 Å². The standard InChI is InChI=1S/C12H21NO2/c1-8(2)5-11(14)10-6-13(7-10)12(15)9(3)4/h8-10H,5-7H2,1-4H3. The van der Waals surface area contributed by atoms with E-state index in [0.717, 1.165) is 0 Å². The van der Waals surface area contributed by atoms with Gasteiger partial charge >= 0.3 is 0 Å². The lowest BCUT2D eigenvalue weighted by Crippen LogP contribution is -2.54. The summed E-state index contributed by atoms with van der Waals surface area (Å²) < 4.78 is 0. The van der Waals surface area contributed by atoms with Crippen LogP contribution in [0.15, 0.2) is 0 Å². The largest absolute Gasteiger partial charge is 0.341 e. The van der Waals surface area contributed by atoms with Crippen LogP contribution in [0.1, 0.15) is 34.1 Å². The zero-order valence-electron chi connectivity index (χ0n) is 10.1. The van der Waals surface area contributed by atoms with Crippen molar-refractivity contribution in [3.8, 4) is 0 Å². The predicted molar refractivity (Wildman–Crippen MR) is 59.4 cm³/mol. The number of Topliss-reactive ketones (excluding diaryl/α,β-unsaturated/α-hetero) is 1. The van der Waals surface area contributed by atoms with E-state index in [2.05, 4.69) is 0 Å². The van der Waals surface area contributed by atoms with Crippen molar-refractivity contribution in [1.29, 1.82) is 0 Å². The minimum absolute atomic E-state index is 0.0474. The molecule has 3 nitrogen and oxygen atoms in total. The number of carbonyl (C=O) groups is 2. The smallest absolute Gasteiger partial charge is 0.225 e. The Balaban J connectivity index is 2.31. The Bertz CT molecular complexity index is 252. The first kappa shape index (κ1) is 12.2. The molecule has 0 radical (unpaired) electrons. The molecule has 0 N–H and O–H groups in total. The van der Waals surface area contributed by atoms with Gasteiger partial charge in [-0.25, -0.2) is 0 Å². The fraction of sp³-hybridized carbons (Fsp3) is 0.833. The lowest BCUT2D eigenvalue weighted by molar-refractivity contribution is -0.145. The van der Waals surface area contributed by atoms with Crippen molar-refractivity contribution in [3.05, 3.63) is 0 Å². The molecule has 0 aromatic heterocycles. The van der Waals surface area contributed by atoms with Crippen LogP contribution in [-0.4, -0.2) is 29.7 Å². The summed E-state index contributed by atoms with van der Waals surface area (Å²) in [5.41, 5.74) is 0. The molecule has 0 spiro atoms. The monoisotopic (exact) mass is 211 g/mol. The van der Waals surface area contributed by atoms with E-state index in [9.17, 15) is 9.59 Å². The highest BCUT2D eigenvalue weighted by Crippen LogP contribution is 2.21. The third kappa shape index (κ3) is 3.05. The van der Waals surface area contributed by atoms with E-state index >= 15 is 0 Å². The maximum atomic E-state index is 11.6. The van der Waals surface area contributed by atoms with Gasteiger partial charge in [-0.3, -0.25) is 9.59 Å². The molecule has 0 aromatic carbocycles. The van der Waals surface area contributed by atoms with Crippen molar-refractivity contribution in [2.75, 3.05) is 13.1 Å². The third-order valence-electron chi connectivity index (χ3n) is 2.75. The van der Waals surface area contributed by atoms with Gasteiger partial charge < -0.3 is 4.90 Å². The second kappa shape index (κ2) is 4.77. The number of hydrogen-bond donors (Lipinski definition) is 0. The highest BCUT2D eigenvalue weighted by molar-refractivity contribution is 5.86. The van der Waals surface area contributed by atoms with E-state index in [1.165, 1.54) is 0 Å². The number of ketones is 1. The summed E-state index contributed by atoms with van der Waals surface area (Å²) >= 11 is 0. The van der Waals surface area contributed by atoms with Crippen molar-refractivity contribution in [3.63, 3.8) is 0 Å². The quantitative estimate of drug-likeness (QED) is 0.710. The molecule has 1 aliphatic rings. The minimum atomic E-state index is 0.0474. The Morgan fingerprint density at radius 1 is 1.20 bits per heavy atom. The Labute approximate surface area is 91.8 Å². The Hall–Kier alpha value is -0.860. The fourth-order valence-electron chi connectivity index (χ4n) is 1.80. The van der Waals surface area contributed by atoms with Gasteiger partial charge in [-0.05, 0) is 5.92 Å². The first-order valence-electron chi connectivity index (χ1n) is 5.73. The average Bonchev–Trinajstić information content (AvgIpc) is 1.99. The van der Waals surface area contributed by atoms with Crippen molar-refractivity contribution in [2.24, 2.45) is 17.8 Å². The van der Waals surface area contributed by atoms with Crippen LogP contribution in [0.4, 0.5) is 0 Å². The Morgan fingerprint density at radius 2 is 1.73 bits per heavy atom. The molecule has 0 unspecified atom stereocenters. The fourth-order valence-corrected chi connectivity index (χ4v) is 1.80. The Morgan fingerprint density at radius 3 is 2.13 bits per heavy atom. The zero-order valence-corrected chi connectivity index (χ0v) is 10.1. The number of likely N-dealkylation sites (tertiary alicyclic amines) is 1. The van der Waals surface area contributed by atoms with Gasteiger partial charge in [-0.15, -0.1) is 0 Å². The second-order valence-corrected chi connectivity index (χ2v) is 5.16. The lowest BCUT2D eigenvalue weighted by Gasteiger charge is -2.39. The third-order valence-corrected chi connectivity index (χ3v) is 2.75. The molecule has 0 aromatic rings. The summed E-state index contributed by atoms with van der Waals surface area (Å²) in [5, 5.41) is 0. The van der Waals surface area contributed by atoms with E-state index in [1.54, 1.807) is 4.90 Å². The first-order valence-corrected chi connectivity index (χ1v) is 5.73. The molecule has 1 aliphatic heterocycles. The van der Waals surface area contributed by atoms with Crippen LogP contribution in [0, 0.1) is 17.8 Å². The van der Waals surface area contributed by atoms with Crippen LogP contribution in [0.2, 0.25) is 0 Å². The van der Waals surface area contributed by atoms with E-state index in [1.807, 2.05) is 27.7 Å². The number of hydrogen-bond acceptors (Lipinski definition) is 2. The maximum absolute atomic E-state index is 11.6. The number of nitrogens with zero attached hydrogens (tertiary/aromatic N) is 1. The topological polar surface area (TPSA) is 37.4 Å². The van der Waals surface area contributed by atoms with Gasteiger partial charge in [0.25, 0.3) is 0 Å². The molecule has 0 aliphatic carbocycles. The van der Waals surface area contributed by atoms with Crippen LogP contribution in [0.5, 0.6) is 0 Å². The van der Waals surface area contributed by atoms with Crippen LogP contribution < -0.4 is 0 Å². The van der Waals surface area contributed by atoms with Crippen molar-refractivity contribution in [2.45, 2.75) is 34.1 Å². The molecule has 0 bridgehead atoms. The highest BCUT2D eigenvalue weighted by atomic mass is 16.2. The summed E-state index contributed by atoms with van der Waals surface area (Å²) in [4.78, 5) is 25.0. The van der Waals surface area contributed by atoms with Gasteiger partial charge in [0, 0.05) is 25.4 Å². The molecule has 1 saturated heterocycles. The van der Waals surface area contributed by atoms with Gasteiger partial charge in [0.15, 0.2) is 0 Å². The van der Waals surface area contributed by atoms with Crippen molar-refractivity contribution < 1.29 is 9.59 Å². The van der Waals surface area contributed by atoms with Gasteiger partial charge in [0.1, 0.15) is 5.78 Å². The minimum Gasteiger partial charge on any atom is -0.341 e. The number of carbonyl (C=O) groups excluding carboxylic acids is 2. The summed E-state index contributed by atoms with van der Waals surface area (Å²) in [7, 11) is 0. The predicted octanol–water partition coefficient (Wildman–Crippen LogP) is 1.72. The van der Waals surface area contributed by atoms with Gasteiger partial charge in [0.2, 0.25) is 5.91 Å². The molecular formula is C12H21NO2. The molecule has 1 fully saturated rings. The van der Waals surface area contributed by atoms with Gasteiger partial charge in [-0.1, -0.05) is 27.7 Å². The average molecular weight is 211 g/mol. The molecule has 1 amide bonds. The zero-order chi connectivity index (χ0) is 11.6. The summed E-state index contributed by atoms with van der Waals surface area (Å²) in [6.45, 7) is 9.17.